The predicted octanol–water partition coefficient (Wildman–Crippen LogP) is 6.53. The van der Waals surface area contributed by atoms with Crippen molar-refractivity contribution in [3.63, 3.8) is 0 Å². The van der Waals surface area contributed by atoms with E-state index in [2.05, 4.69) is 4.74 Å². The van der Waals surface area contributed by atoms with Gasteiger partial charge in [0.2, 0.25) is 5.78 Å². The molecule has 0 aliphatic heterocycles. The van der Waals surface area contributed by atoms with Crippen LogP contribution in [-0.2, 0) is 9.53 Å². The van der Waals surface area contributed by atoms with E-state index in [1.807, 2.05) is 0 Å². The molecule has 3 aromatic carbocycles. The Kier molecular flexibility index (Phi) is 6.24. The zero-order valence-corrected chi connectivity index (χ0v) is 18.6. The van der Waals surface area contributed by atoms with E-state index in [4.69, 9.17) is 4.74 Å². The van der Waals surface area contributed by atoms with Gasteiger partial charge >= 0.3 is 0 Å². The van der Waals surface area contributed by atoms with Crippen LogP contribution in [0.1, 0.15) is 31.9 Å². The molecule has 0 spiro atoms. The molecule has 1 aromatic heterocycles. The van der Waals surface area contributed by atoms with Gasteiger partial charge in [0.25, 0.3) is 6.47 Å². The maximum atomic E-state index is 13.8. The standard InChI is InChI=1S/C26H19FO5S/c1-15-11-18(27)12-16(2)23(15)24(30)26-25(21-8-5-19(29)13-22(21)33-26)32-20-6-3-17(4-7-20)9-10-31-14-28/h3-14,29H,1-2H3/b10-9+. The Labute approximate surface area is 193 Å². The number of ketones is 1. The van der Waals surface area contributed by atoms with Gasteiger partial charge in [0.15, 0.2) is 5.75 Å². The fourth-order valence-corrected chi connectivity index (χ4v) is 4.72. The molecule has 0 unspecified atom stereocenters. The Morgan fingerprint density at radius 3 is 2.39 bits per heavy atom. The second-order valence-corrected chi connectivity index (χ2v) is 8.44. The lowest BCUT2D eigenvalue weighted by atomic mass is 9.97. The first-order valence-electron chi connectivity index (χ1n) is 9.98. The van der Waals surface area contributed by atoms with Gasteiger partial charge in [-0.1, -0.05) is 12.1 Å². The lowest BCUT2D eigenvalue weighted by Gasteiger charge is -2.11. The summed E-state index contributed by atoms with van der Waals surface area (Å²) in [5.41, 5.74) is 2.29. The Hall–Kier alpha value is -3.97. The number of thiophene rings is 1. The largest absolute Gasteiger partial charge is 0.508 e. The van der Waals surface area contributed by atoms with Crippen LogP contribution in [0.4, 0.5) is 4.39 Å². The highest BCUT2D eigenvalue weighted by atomic mass is 32.1. The number of phenolic OH excluding ortho intramolecular Hbond substituents is 1. The zero-order valence-electron chi connectivity index (χ0n) is 17.8. The van der Waals surface area contributed by atoms with Crippen LogP contribution in [-0.4, -0.2) is 17.4 Å². The van der Waals surface area contributed by atoms with Gasteiger partial charge in [0.05, 0.1) is 6.26 Å². The molecule has 0 amide bonds. The number of fused-ring (bicyclic) bond motifs is 1. The summed E-state index contributed by atoms with van der Waals surface area (Å²) in [4.78, 5) is 24.2. The number of aromatic hydroxyl groups is 1. The minimum absolute atomic E-state index is 0.0807. The molecule has 0 bridgehead atoms. The molecule has 0 aliphatic rings. The number of hydrogen-bond donors (Lipinski definition) is 1. The van der Waals surface area contributed by atoms with E-state index in [9.17, 15) is 19.1 Å². The van der Waals surface area contributed by atoms with Crippen molar-refractivity contribution >= 4 is 39.8 Å². The quantitative estimate of drug-likeness (QED) is 0.192. The fraction of sp³-hybridized carbons (Fsp3) is 0.0769. The van der Waals surface area contributed by atoms with Crippen LogP contribution < -0.4 is 4.74 Å². The van der Waals surface area contributed by atoms with Crippen molar-refractivity contribution in [3.05, 3.63) is 93.8 Å². The molecule has 1 heterocycles. The van der Waals surface area contributed by atoms with E-state index in [-0.39, 0.29) is 11.5 Å². The van der Waals surface area contributed by atoms with E-state index < -0.39 is 5.82 Å². The highest BCUT2D eigenvalue weighted by Gasteiger charge is 2.25. The molecule has 166 valence electrons. The minimum Gasteiger partial charge on any atom is -0.508 e. The number of hydrogen-bond acceptors (Lipinski definition) is 6. The topological polar surface area (TPSA) is 72.8 Å². The maximum absolute atomic E-state index is 13.8. The first-order valence-corrected chi connectivity index (χ1v) is 10.8. The van der Waals surface area contributed by atoms with Crippen LogP contribution in [0.15, 0.2) is 60.9 Å². The lowest BCUT2D eigenvalue weighted by molar-refractivity contribution is -0.123. The maximum Gasteiger partial charge on any atom is 0.297 e. The van der Waals surface area contributed by atoms with Crippen molar-refractivity contribution in [2.75, 3.05) is 0 Å². The van der Waals surface area contributed by atoms with Crippen molar-refractivity contribution in [1.82, 2.24) is 0 Å². The van der Waals surface area contributed by atoms with Crippen molar-refractivity contribution in [1.29, 1.82) is 0 Å². The second kappa shape index (κ2) is 9.26. The number of halogens is 1. The van der Waals surface area contributed by atoms with E-state index >= 15 is 0 Å². The van der Waals surface area contributed by atoms with Crippen LogP contribution in [0.3, 0.4) is 0 Å². The lowest BCUT2D eigenvalue weighted by Crippen LogP contribution is -2.06. The molecule has 1 N–H and O–H groups in total. The van der Waals surface area contributed by atoms with Crippen molar-refractivity contribution < 1.29 is 28.6 Å². The summed E-state index contributed by atoms with van der Waals surface area (Å²) in [5, 5.41) is 10.6. The van der Waals surface area contributed by atoms with Gasteiger partial charge in [-0.25, -0.2) is 4.39 Å². The Morgan fingerprint density at radius 2 is 1.73 bits per heavy atom. The van der Waals surface area contributed by atoms with Gasteiger partial charge in [-0.2, -0.15) is 0 Å². The van der Waals surface area contributed by atoms with Crippen LogP contribution >= 0.6 is 11.3 Å². The van der Waals surface area contributed by atoms with Crippen LogP contribution in [0.2, 0.25) is 0 Å². The molecule has 0 saturated carbocycles. The molecule has 33 heavy (non-hydrogen) atoms. The first-order chi connectivity index (χ1) is 15.9. The summed E-state index contributed by atoms with van der Waals surface area (Å²) in [7, 11) is 0. The molecule has 0 fully saturated rings. The highest BCUT2D eigenvalue weighted by Crippen LogP contribution is 2.43. The molecule has 0 aliphatic carbocycles. The molecule has 0 radical (unpaired) electrons. The number of rotatable bonds is 7. The highest BCUT2D eigenvalue weighted by molar-refractivity contribution is 7.21. The summed E-state index contributed by atoms with van der Waals surface area (Å²) >= 11 is 1.21. The average Bonchev–Trinajstić information content (AvgIpc) is 3.11. The molecule has 4 aromatic rings. The van der Waals surface area contributed by atoms with Crippen LogP contribution in [0, 0.1) is 19.7 Å². The summed E-state index contributed by atoms with van der Waals surface area (Å²) in [6, 6.07) is 14.5. The van der Waals surface area contributed by atoms with Gasteiger partial charge in [0, 0.05) is 15.6 Å². The third-order valence-electron chi connectivity index (χ3n) is 5.05. The second-order valence-electron chi connectivity index (χ2n) is 7.39. The van der Waals surface area contributed by atoms with Gasteiger partial charge in [-0.05, 0) is 79.1 Å². The normalized spacial score (nSPS) is 11.1. The van der Waals surface area contributed by atoms with E-state index in [0.717, 1.165) is 5.56 Å². The van der Waals surface area contributed by atoms with E-state index in [1.54, 1.807) is 56.3 Å². The monoisotopic (exact) mass is 462 g/mol. The summed E-state index contributed by atoms with van der Waals surface area (Å²) in [6.45, 7) is 3.73. The first kappa shape index (κ1) is 22.2. The van der Waals surface area contributed by atoms with Crippen molar-refractivity contribution in [3.8, 4) is 17.2 Å². The van der Waals surface area contributed by atoms with Crippen LogP contribution in [0.5, 0.6) is 17.2 Å². The predicted molar refractivity (Wildman–Crippen MR) is 125 cm³/mol. The van der Waals surface area contributed by atoms with Gasteiger partial charge in [0.1, 0.15) is 22.2 Å². The van der Waals surface area contributed by atoms with Crippen molar-refractivity contribution in [2.24, 2.45) is 0 Å². The molecule has 0 saturated heterocycles. The average molecular weight is 462 g/mol. The van der Waals surface area contributed by atoms with Crippen molar-refractivity contribution in [2.45, 2.75) is 13.8 Å². The molecule has 7 heteroatoms. The van der Waals surface area contributed by atoms with Gasteiger partial charge in [-0.15, -0.1) is 11.3 Å². The third-order valence-corrected chi connectivity index (χ3v) is 6.19. The number of benzene rings is 3. The number of carbonyl (C=O) groups excluding carboxylic acids is 2. The summed E-state index contributed by atoms with van der Waals surface area (Å²) in [5.74, 6) is 0.281. The Morgan fingerprint density at radius 1 is 1.03 bits per heavy atom. The zero-order chi connectivity index (χ0) is 23.5. The number of phenols is 1. The molecular formula is C26H19FO5S. The molecular weight excluding hydrogens is 443 g/mol. The Bertz CT molecular complexity index is 1360. The molecule has 4 rings (SSSR count). The number of ether oxygens (including phenoxy) is 2. The summed E-state index contributed by atoms with van der Waals surface area (Å²) < 4.78 is 25.2. The summed E-state index contributed by atoms with van der Waals surface area (Å²) in [6.07, 6.45) is 2.89. The van der Waals surface area contributed by atoms with E-state index in [1.165, 1.54) is 35.8 Å². The van der Waals surface area contributed by atoms with E-state index in [0.29, 0.717) is 49.6 Å². The smallest absolute Gasteiger partial charge is 0.297 e. The third kappa shape index (κ3) is 4.63. The number of carbonyl (C=O) groups is 2. The van der Waals surface area contributed by atoms with Gasteiger partial charge in [-0.3, -0.25) is 9.59 Å². The number of aryl methyl sites for hydroxylation is 2. The fourth-order valence-electron chi connectivity index (χ4n) is 3.61. The Balaban J connectivity index is 1.77. The minimum atomic E-state index is -0.396. The molecule has 5 nitrogen and oxygen atoms in total. The molecule has 0 atom stereocenters. The van der Waals surface area contributed by atoms with Crippen LogP contribution in [0.25, 0.3) is 16.2 Å². The van der Waals surface area contributed by atoms with Gasteiger partial charge < -0.3 is 14.6 Å². The SMILES string of the molecule is Cc1cc(F)cc(C)c1C(=O)c1sc2cc(O)ccc2c1Oc1ccc(/C=C/OC=O)cc1.